The van der Waals surface area contributed by atoms with E-state index in [0.29, 0.717) is 30.0 Å². The second-order valence-electron chi connectivity index (χ2n) is 16.8. The van der Waals surface area contributed by atoms with Crippen LogP contribution in [0.5, 0.6) is 11.5 Å². The third-order valence-electron chi connectivity index (χ3n) is 13.9. The van der Waals surface area contributed by atoms with E-state index in [1.807, 2.05) is 26.0 Å². The summed E-state index contributed by atoms with van der Waals surface area (Å²) in [6.45, 7) is 10.5. The van der Waals surface area contributed by atoms with E-state index < -0.39 is 16.7 Å². The predicted octanol–water partition coefficient (Wildman–Crippen LogP) is 6.94. The van der Waals surface area contributed by atoms with Gasteiger partial charge in [-0.05, 0) is 110 Å². The van der Waals surface area contributed by atoms with Gasteiger partial charge < -0.3 is 4.74 Å². The molecule has 2 aromatic carbocycles. The molecule has 0 aromatic heterocycles. The van der Waals surface area contributed by atoms with Gasteiger partial charge in [0.1, 0.15) is 17.3 Å². The van der Waals surface area contributed by atoms with Crippen LogP contribution in [0.25, 0.3) is 0 Å². The smallest absolute Gasteiger partial charge is 0.238 e. The minimum absolute atomic E-state index is 0.0105. The van der Waals surface area contributed by atoms with Crippen LogP contribution in [0.1, 0.15) is 85.1 Å². The van der Waals surface area contributed by atoms with Gasteiger partial charge in [-0.15, -0.1) is 0 Å². The van der Waals surface area contributed by atoms with E-state index in [4.69, 9.17) is 4.74 Å². The molecule has 2 spiro atoms. The average molecular weight is 665 g/mol. The summed E-state index contributed by atoms with van der Waals surface area (Å²) in [6, 6.07) is 15.2. The molecule has 10 unspecified atom stereocenters. The Balaban J connectivity index is 0.00000171. The number of carbonyl (C=O) groups is 5. The van der Waals surface area contributed by atoms with E-state index in [-0.39, 0.29) is 76.3 Å². The summed E-state index contributed by atoms with van der Waals surface area (Å²) in [5.74, 6) is -0.601. The third kappa shape index (κ3) is 4.24. The van der Waals surface area contributed by atoms with E-state index in [1.165, 1.54) is 15.4 Å². The van der Waals surface area contributed by atoms with Gasteiger partial charge in [-0.1, -0.05) is 53.2 Å². The largest absolute Gasteiger partial charge is 0.457 e. The molecule has 2 aromatic rings. The van der Waals surface area contributed by atoms with Gasteiger partial charge in [0.25, 0.3) is 0 Å². The number of fused-ring (bicyclic) bond motifs is 12. The highest BCUT2D eigenvalue weighted by Crippen LogP contribution is 2.74. The molecule has 8 nitrogen and oxygen atoms in total. The minimum atomic E-state index is -0.617. The molecular formula is C41H48N2O6. The lowest BCUT2D eigenvalue weighted by Gasteiger charge is -2.52. The monoisotopic (exact) mass is 664 g/mol. The van der Waals surface area contributed by atoms with Crippen LogP contribution >= 0.6 is 0 Å². The highest BCUT2D eigenvalue weighted by atomic mass is 16.5. The molecule has 0 N–H and O–H groups in total. The lowest BCUT2D eigenvalue weighted by Crippen LogP contribution is -2.56. The fraction of sp³-hybridized carbons (Fsp3) is 0.585. The van der Waals surface area contributed by atoms with Crippen LogP contribution in [0, 0.1) is 58.2 Å². The normalized spacial score (nSPS) is 38.5. The molecule has 49 heavy (non-hydrogen) atoms. The first-order valence-corrected chi connectivity index (χ1v) is 18.5. The number of carbonyl (C=O) groups excluding carboxylic acids is 5. The number of imide groups is 2. The number of ketones is 1. The molecule has 4 bridgehead atoms. The fourth-order valence-electron chi connectivity index (χ4n) is 12.1. The quantitative estimate of drug-likeness (QED) is 0.330. The van der Waals surface area contributed by atoms with Gasteiger partial charge in [0.05, 0.1) is 29.4 Å². The number of hydrogen-bond acceptors (Lipinski definition) is 6. The van der Waals surface area contributed by atoms with Crippen LogP contribution in [-0.2, 0) is 29.4 Å². The SMILES string of the molecule is CC.CN1C(=O)C2C3CC(C2C1=O)C1(CCCC2(CC4CC2C2C(=O)N(c5ccc(Oc6ccc(C(C)(C)C)cc6)cc5)C(=O)C42)C1=O)C3. The number of nitrogens with zero attached hydrogens (tertiary/aromatic N) is 2. The summed E-state index contributed by atoms with van der Waals surface area (Å²) in [6.07, 6.45) is 5.26. The molecule has 7 aliphatic rings. The van der Waals surface area contributed by atoms with Crippen molar-refractivity contribution in [1.82, 2.24) is 4.90 Å². The van der Waals surface area contributed by atoms with Crippen molar-refractivity contribution >= 4 is 35.1 Å². The van der Waals surface area contributed by atoms with E-state index in [0.717, 1.165) is 32.1 Å². The molecule has 7 fully saturated rings. The van der Waals surface area contributed by atoms with Crippen LogP contribution in [0.2, 0.25) is 0 Å². The standard InChI is InChI=1S/C39H42N2O6.C2H6/c1-37(2,3)22-6-10-24(11-7-22)47-25-12-8-23(9-13-25)41-34(44)29-21-17-27(31(29)35(41)45)39(19-21)15-5-14-38(36(39)46)18-20-16-26(38)30-28(20)32(42)40(4)33(30)43;1-2/h6-13,20-21,26-31H,5,14-19H2,1-4H3;1-2H3. The molecule has 5 aliphatic carbocycles. The fourth-order valence-corrected chi connectivity index (χ4v) is 12.1. The maximum atomic E-state index is 15.0. The summed E-state index contributed by atoms with van der Waals surface area (Å²) >= 11 is 0. The number of likely N-dealkylation sites (tertiary alicyclic amines) is 1. The topological polar surface area (TPSA) is 101 Å². The molecule has 8 heteroatoms. The first kappa shape index (κ1) is 32.4. The van der Waals surface area contributed by atoms with Crippen LogP contribution in [0.15, 0.2) is 48.5 Å². The highest BCUT2D eigenvalue weighted by molar-refractivity contribution is 6.23. The minimum Gasteiger partial charge on any atom is -0.457 e. The van der Waals surface area contributed by atoms with Gasteiger partial charge in [-0.3, -0.25) is 33.8 Å². The maximum Gasteiger partial charge on any atom is 0.238 e. The van der Waals surface area contributed by atoms with Crippen molar-refractivity contribution in [2.45, 2.75) is 85.0 Å². The van der Waals surface area contributed by atoms with Crippen molar-refractivity contribution < 1.29 is 28.7 Å². The molecule has 258 valence electrons. The summed E-state index contributed by atoms with van der Waals surface area (Å²) in [5.41, 5.74) is 0.604. The third-order valence-corrected chi connectivity index (χ3v) is 13.9. The molecule has 5 saturated carbocycles. The van der Waals surface area contributed by atoms with Crippen LogP contribution < -0.4 is 9.64 Å². The van der Waals surface area contributed by atoms with Crippen molar-refractivity contribution in [3.63, 3.8) is 0 Å². The number of Topliss-reactive ketones (excluding diaryl/α,β-unsaturated/α-hetero) is 1. The lowest BCUT2D eigenvalue weighted by atomic mass is 9.48. The van der Waals surface area contributed by atoms with E-state index in [9.17, 15) is 24.0 Å². The van der Waals surface area contributed by atoms with Gasteiger partial charge in [0.15, 0.2) is 0 Å². The molecule has 2 aliphatic heterocycles. The number of amides is 4. The first-order valence-electron chi connectivity index (χ1n) is 18.5. The Morgan fingerprint density at radius 1 is 0.653 bits per heavy atom. The van der Waals surface area contributed by atoms with Crippen molar-refractivity contribution in [3.8, 4) is 11.5 Å². The van der Waals surface area contributed by atoms with Crippen LogP contribution in [0.3, 0.4) is 0 Å². The van der Waals surface area contributed by atoms with Crippen molar-refractivity contribution in [2.75, 3.05) is 11.9 Å². The van der Waals surface area contributed by atoms with Crippen molar-refractivity contribution in [2.24, 2.45) is 58.2 Å². The number of hydrogen-bond donors (Lipinski definition) is 0. The summed E-state index contributed by atoms with van der Waals surface area (Å²) in [5, 5.41) is 0. The molecule has 10 atom stereocenters. The zero-order valence-corrected chi connectivity index (χ0v) is 29.5. The summed E-state index contributed by atoms with van der Waals surface area (Å²) in [4.78, 5) is 71.9. The summed E-state index contributed by atoms with van der Waals surface area (Å²) in [7, 11) is 1.58. The number of rotatable bonds is 3. The maximum absolute atomic E-state index is 15.0. The van der Waals surface area contributed by atoms with Gasteiger partial charge >= 0.3 is 0 Å². The molecule has 0 radical (unpaired) electrons. The van der Waals surface area contributed by atoms with Gasteiger partial charge in [-0.25, -0.2) is 0 Å². The second kappa shape index (κ2) is 10.8. The van der Waals surface area contributed by atoms with Gasteiger partial charge in [-0.2, -0.15) is 0 Å². The average Bonchev–Trinajstić information content (AvgIpc) is 3.91. The predicted molar refractivity (Wildman–Crippen MR) is 183 cm³/mol. The number of benzene rings is 2. The Morgan fingerprint density at radius 3 is 1.63 bits per heavy atom. The van der Waals surface area contributed by atoms with E-state index in [1.54, 1.807) is 31.3 Å². The zero-order chi connectivity index (χ0) is 34.8. The van der Waals surface area contributed by atoms with Gasteiger partial charge in [0, 0.05) is 17.9 Å². The van der Waals surface area contributed by atoms with Crippen LogP contribution in [0.4, 0.5) is 5.69 Å². The Morgan fingerprint density at radius 2 is 1.10 bits per heavy atom. The van der Waals surface area contributed by atoms with Crippen molar-refractivity contribution in [3.05, 3.63) is 54.1 Å². The number of anilines is 1. The molecular weight excluding hydrogens is 616 g/mol. The van der Waals surface area contributed by atoms with Crippen LogP contribution in [-0.4, -0.2) is 41.4 Å². The molecule has 2 heterocycles. The highest BCUT2D eigenvalue weighted by Gasteiger charge is 2.76. The van der Waals surface area contributed by atoms with E-state index >= 15 is 0 Å². The second-order valence-corrected chi connectivity index (χ2v) is 16.8. The van der Waals surface area contributed by atoms with E-state index in [2.05, 4.69) is 32.9 Å². The summed E-state index contributed by atoms with van der Waals surface area (Å²) < 4.78 is 6.07. The number of ether oxygens (including phenoxy) is 1. The first-order chi connectivity index (χ1) is 23.4. The Labute approximate surface area is 288 Å². The van der Waals surface area contributed by atoms with Crippen molar-refractivity contribution in [1.29, 1.82) is 0 Å². The lowest BCUT2D eigenvalue weighted by molar-refractivity contribution is -0.159. The molecule has 4 amide bonds. The Kier molecular flexibility index (Phi) is 7.17. The molecule has 2 saturated heterocycles. The Bertz CT molecular complexity index is 1760. The zero-order valence-electron chi connectivity index (χ0n) is 29.5. The van der Waals surface area contributed by atoms with Gasteiger partial charge in [0.2, 0.25) is 23.6 Å². The molecule has 9 rings (SSSR count). The Hall–Kier alpha value is -3.81.